The van der Waals surface area contributed by atoms with Gasteiger partial charge >= 0.3 is 0 Å². The van der Waals surface area contributed by atoms with Gasteiger partial charge in [-0.25, -0.2) is 9.69 Å². The number of hydroxylamine groups is 1. The molecule has 0 aliphatic carbocycles. The lowest BCUT2D eigenvalue weighted by Gasteiger charge is -2.18. The highest BCUT2D eigenvalue weighted by molar-refractivity contribution is 7.80. The Kier molecular flexibility index (Phi) is 4.41. The van der Waals surface area contributed by atoms with Crippen LogP contribution in [0.15, 0.2) is 24.3 Å². The quantitative estimate of drug-likeness (QED) is 0.407. The number of carbonyl (C=O) groups excluding carboxylic acids is 1. The summed E-state index contributed by atoms with van der Waals surface area (Å²) in [5.41, 5.74) is 2.83. The Hall–Kier alpha value is -1.44. The summed E-state index contributed by atoms with van der Waals surface area (Å²) in [5.74, 6) is -0.761. The topological polar surface area (TPSA) is 89.9 Å². The highest BCUT2D eigenvalue weighted by atomic mass is 32.2. The fourth-order valence-corrected chi connectivity index (χ4v) is 1.64. The van der Waals surface area contributed by atoms with E-state index in [1.54, 1.807) is 24.3 Å². The Balaban J connectivity index is 2.89. The first-order chi connectivity index (χ1) is 7.54. The number of aryl methyl sites for hydroxylation is 1. The molecule has 88 valence electrons. The monoisotopic (exact) mass is 244 g/mol. The number of anilines is 1. The third kappa shape index (κ3) is 3.30. The second kappa shape index (κ2) is 5.59. The number of nitrogens with zero attached hydrogens (tertiary/aromatic N) is 1. The van der Waals surface area contributed by atoms with Gasteiger partial charge in [0.05, 0.1) is 5.69 Å². The maximum absolute atomic E-state index is 11.0. The number of benzene rings is 1. The number of rotatable bonds is 4. The number of hydrogen-bond acceptors (Lipinski definition) is 3. The molecule has 0 heterocycles. The highest BCUT2D eigenvalue weighted by Crippen LogP contribution is 2.15. The van der Waals surface area contributed by atoms with Crippen molar-refractivity contribution < 1.29 is 18.8 Å². The van der Waals surface area contributed by atoms with Crippen molar-refractivity contribution >= 4 is 22.9 Å². The average Bonchev–Trinajstić information content (AvgIpc) is 2.26. The third-order valence-electron chi connectivity index (χ3n) is 1.92. The first-order valence-corrected chi connectivity index (χ1v) is 5.49. The second-order valence-electron chi connectivity index (χ2n) is 3.14. The molecule has 0 aliphatic heterocycles. The van der Waals surface area contributed by atoms with Gasteiger partial charge in [0.2, 0.25) is 0 Å². The van der Waals surface area contributed by atoms with E-state index in [0.29, 0.717) is 5.69 Å². The molecular weight excluding hydrogens is 232 g/mol. The summed E-state index contributed by atoms with van der Waals surface area (Å²) in [6.45, 7) is 1.48. The summed E-state index contributed by atoms with van der Waals surface area (Å²) in [7, 11) is 0. The van der Waals surface area contributed by atoms with E-state index < -0.39 is 23.7 Å². The van der Waals surface area contributed by atoms with Gasteiger partial charge in [0.15, 0.2) is 0 Å². The molecule has 7 heteroatoms. The zero-order valence-corrected chi connectivity index (χ0v) is 9.40. The summed E-state index contributed by atoms with van der Waals surface area (Å²) in [6, 6.07) is 6.75. The molecule has 0 bridgehead atoms. The molecule has 1 aromatic rings. The van der Waals surface area contributed by atoms with E-state index in [2.05, 4.69) is 0 Å². The molecule has 0 fully saturated rings. The van der Waals surface area contributed by atoms with Crippen molar-refractivity contribution in [1.29, 1.82) is 0 Å². The first kappa shape index (κ1) is 12.6. The normalized spacial score (nSPS) is 11.9. The van der Waals surface area contributed by atoms with Crippen LogP contribution in [0.25, 0.3) is 0 Å². The smallest absolute Gasteiger partial charge is 0.264 e. The molecular formula is C9H12N2O4S. The van der Waals surface area contributed by atoms with E-state index in [0.717, 1.165) is 9.87 Å². The molecule has 1 unspecified atom stereocenters. The lowest BCUT2D eigenvalue weighted by Crippen LogP contribution is -2.36. The molecule has 16 heavy (non-hydrogen) atoms. The van der Waals surface area contributed by atoms with Crippen molar-refractivity contribution in [2.75, 3.05) is 10.8 Å². The Morgan fingerprint density at radius 2 is 2.00 bits per heavy atom. The van der Waals surface area contributed by atoms with Crippen LogP contribution in [0.5, 0.6) is 0 Å². The van der Waals surface area contributed by atoms with Gasteiger partial charge in [-0.2, -0.15) is 0 Å². The van der Waals surface area contributed by atoms with E-state index in [9.17, 15) is 9.00 Å². The van der Waals surface area contributed by atoms with Gasteiger partial charge in [-0.1, -0.05) is 17.7 Å². The highest BCUT2D eigenvalue weighted by Gasteiger charge is 2.15. The lowest BCUT2D eigenvalue weighted by molar-refractivity contribution is -0.127. The molecule has 1 atom stereocenters. The Bertz CT molecular complexity index is 393. The summed E-state index contributed by atoms with van der Waals surface area (Å²) in [5, 5.41) is 8.35. The first-order valence-electron chi connectivity index (χ1n) is 4.42. The van der Waals surface area contributed by atoms with Gasteiger partial charge in [0, 0.05) is 0 Å². The zero-order valence-electron chi connectivity index (χ0n) is 8.58. The van der Waals surface area contributed by atoms with Gasteiger partial charge < -0.3 is 0 Å². The Morgan fingerprint density at radius 1 is 1.44 bits per heavy atom. The van der Waals surface area contributed by atoms with Crippen molar-refractivity contribution in [3.8, 4) is 0 Å². The molecule has 3 N–H and O–H groups in total. The van der Waals surface area contributed by atoms with Gasteiger partial charge in [-0.3, -0.25) is 18.9 Å². The van der Waals surface area contributed by atoms with Crippen LogP contribution in [-0.4, -0.2) is 26.4 Å². The Morgan fingerprint density at radius 3 is 2.44 bits per heavy atom. The van der Waals surface area contributed by atoms with Crippen LogP contribution in [-0.2, 0) is 16.1 Å². The Labute approximate surface area is 95.3 Å². The predicted molar refractivity (Wildman–Crippen MR) is 59.2 cm³/mol. The fourth-order valence-electron chi connectivity index (χ4n) is 1.11. The SMILES string of the molecule is Cc1ccc(N(CC(=O)NO)S(=O)O)cc1. The van der Waals surface area contributed by atoms with E-state index >= 15 is 0 Å². The van der Waals surface area contributed by atoms with Gasteiger partial charge in [0.25, 0.3) is 17.2 Å². The van der Waals surface area contributed by atoms with Gasteiger partial charge in [-0.05, 0) is 19.1 Å². The average molecular weight is 244 g/mol. The largest absolute Gasteiger partial charge is 0.289 e. The summed E-state index contributed by atoms with van der Waals surface area (Å²) < 4.78 is 21.0. The maximum Gasteiger partial charge on any atom is 0.264 e. The fraction of sp³-hybridized carbons (Fsp3) is 0.222. The molecule has 0 aliphatic rings. The molecule has 1 amide bonds. The summed E-state index contributed by atoms with van der Waals surface area (Å²) in [6.07, 6.45) is 0. The van der Waals surface area contributed by atoms with Crippen molar-refractivity contribution in [3.05, 3.63) is 29.8 Å². The summed E-state index contributed by atoms with van der Waals surface area (Å²) in [4.78, 5) is 10.9. The molecule has 0 saturated carbocycles. The van der Waals surface area contributed by atoms with E-state index in [1.165, 1.54) is 5.48 Å². The number of carbonyl (C=O) groups is 1. The molecule has 0 saturated heterocycles. The van der Waals surface area contributed by atoms with Crippen molar-refractivity contribution in [3.63, 3.8) is 0 Å². The molecule has 6 nitrogen and oxygen atoms in total. The standard InChI is InChI=1S/C9H12N2O4S/c1-7-2-4-8(5-3-7)11(16(14)15)6-9(12)10-13/h2-5,13H,6H2,1H3,(H,10,12)(H,14,15). The third-order valence-corrected chi connectivity index (χ3v) is 2.64. The van der Waals surface area contributed by atoms with Crippen molar-refractivity contribution in [2.45, 2.75) is 6.92 Å². The minimum absolute atomic E-state index is 0.400. The van der Waals surface area contributed by atoms with Crippen LogP contribution in [0.2, 0.25) is 0 Å². The van der Waals surface area contributed by atoms with Crippen LogP contribution < -0.4 is 9.79 Å². The number of hydrogen-bond donors (Lipinski definition) is 3. The minimum atomic E-state index is -2.32. The number of amides is 1. The van der Waals surface area contributed by atoms with Crippen LogP contribution in [0.4, 0.5) is 5.69 Å². The van der Waals surface area contributed by atoms with E-state index in [4.69, 9.17) is 9.76 Å². The van der Waals surface area contributed by atoms with Crippen LogP contribution >= 0.6 is 0 Å². The minimum Gasteiger partial charge on any atom is -0.289 e. The van der Waals surface area contributed by atoms with Crippen LogP contribution in [0, 0.1) is 6.92 Å². The van der Waals surface area contributed by atoms with Crippen LogP contribution in [0.3, 0.4) is 0 Å². The zero-order chi connectivity index (χ0) is 12.1. The molecule has 0 aromatic heterocycles. The van der Waals surface area contributed by atoms with Crippen molar-refractivity contribution in [1.82, 2.24) is 5.48 Å². The van der Waals surface area contributed by atoms with Gasteiger partial charge in [-0.15, -0.1) is 0 Å². The number of nitrogens with one attached hydrogen (secondary N) is 1. The molecule has 0 radical (unpaired) electrons. The van der Waals surface area contributed by atoms with E-state index in [1.807, 2.05) is 6.92 Å². The second-order valence-corrected chi connectivity index (χ2v) is 4.04. The van der Waals surface area contributed by atoms with E-state index in [-0.39, 0.29) is 0 Å². The molecule has 1 rings (SSSR count). The molecule has 0 spiro atoms. The maximum atomic E-state index is 11.0. The lowest BCUT2D eigenvalue weighted by atomic mass is 10.2. The van der Waals surface area contributed by atoms with Gasteiger partial charge in [0.1, 0.15) is 6.54 Å². The predicted octanol–water partition coefficient (Wildman–Crippen LogP) is 0.444. The summed E-state index contributed by atoms with van der Waals surface area (Å²) >= 11 is -2.32. The van der Waals surface area contributed by atoms with Crippen molar-refractivity contribution in [2.24, 2.45) is 0 Å². The van der Waals surface area contributed by atoms with Crippen LogP contribution in [0.1, 0.15) is 5.56 Å². The molecule has 1 aromatic carbocycles.